The van der Waals surface area contributed by atoms with Gasteiger partial charge in [-0.15, -0.1) is 0 Å². The third kappa shape index (κ3) is 2.60. The van der Waals surface area contributed by atoms with Crippen LogP contribution in [0.5, 0.6) is 0 Å². The molecule has 2 N–H and O–H groups in total. The zero-order valence-electron chi connectivity index (χ0n) is 19.4. The summed E-state index contributed by atoms with van der Waals surface area (Å²) in [6, 6.07) is 8.18. The lowest BCUT2D eigenvalue weighted by molar-refractivity contribution is -0.147. The monoisotopic (exact) mass is 451 g/mol. The number of oxime groups is 1. The molecule has 6 heteroatoms. The van der Waals surface area contributed by atoms with Gasteiger partial charge in [-0.1, -0.05) is 36.3 Å². The molecule has 0 amide bonds. The summed E-state index contributed by atoms with van der Waals surface area (Å²) in [6.07, 6.45) is 9.08. The average molecular weight is 452 g/mol. The van der Waals surface area contributed by atoms with Crippen LogP contribution in [-0.2, 0) is 14.3 Å². The molecule has 1 aromatic rings. The SMILES string of the molecule is COC[C@]1(O)CC[C@H]2[C@@H]3CCC4=CC(=O)CC[C@]45O[C@]35[C@@H](c3ccc(/C=N/O)cc3)C[C@@]21C. The first-order valence-corrected chi connectivity index (χ1v) is 12.3. The van der Waals surface area contributed by atoms with Gasteiger partial charge in [0.2, 0.25) is 0 Å². The van der Waals surface area contributed by atoms with Crippen molar-refractivity contribution < 1.29 is 24.6 Å². The first kappa shape index (κ1) is 21.5. The van der Waals surface area contributed by atoms with Crippen molar-refractivity contribution in [2.45, 2.75) is 74.6 Å². The molecule has 176 valence electrons. The zero-order chi connectivity index (χ0) is 23.1. The summed E-state index contributed by atoms with van der Waals surface area (Å²) in [7, 11) is 1.67. The van der Waals surface area contributed by atoms with Crippen LogP contribution in [0.4, 0.5) is 0 Å². The average Bonchev–Trinajstić information content (AvgIpc) is 3.41. The van der Waals surface area contributed by atoms with Gasteiger partial charge in [0.05, 0.1) is 18.4 Å². The highest BCUT2D eigenvalue weighted by atomic mass is 16.6. The molecule has 0 aromatic heterocycles. The molecule has 0 bridgehead atoms. The number of hydrogen-bond acceptors (Lipinski definition) is 6. The number of epoxide rings is 1. The highest BCUT2D eigenvalue weighted by Crippen LogP contribution is 2.79. The molecule has 1 heterocycles. The van der Waals surface area contributed by atoms with Gasteiger partial charge in [-0.05, 0) is 73.1 Å². The van der Waals surface area contributed by atoms with Crippen LogP contribution in [0.3, 0.4) is 0 Å². The van der Waals surface area contributed by atoms with Crippen LogP contribution in [0.15, 0.2) is 41.1 Å². The Morgan fingerprint density at radius 3 is 2.70 bits per heavy atom. The van der Waals surface area contributed by atoms with Crippen molar-refractivity contribution in [3.05, 3.63) is 47.0 Å². The maximum atomic E-state index is 12.3. The van der Waals surface area contributed by atoms with Crippen molar-refractivity contribution in [2.75, 3.05) is 13.7 Å². The molecule has 4 fully saturated rings. The number of methoxy groups -OCH3 is 1. The van der Waals surface area contributed by atoms with Gasteiger partial charge < -0.3 is 19.8 Å². The van der Waals surface area contributed by atoms with E-state index in [1.165, 1.54) is 17.4 Å². The Bertz CT molecular complexity index is 1050. The lowest BCUT2D eigenvalue weighted by Gasteiger charge is -2.56. The van der Waals surface area contributed by atoms with E-state index in [0.29, 0.717) is 24.9 Å². The highest BCUT2D eigenvalue weighted by molar-refractivity contribution is 5.92. The standard InChI is InChI=1S/C27H33NO5/c1-24-14-23(18-5-3-17(4-6-18)15-28-31)27-22(21(24)10-11-25(24,30)16-32-2)8-7-19-13-20(29)9-12-26(19,27)33-27/h3-6,13,15,21-23,30-31H,7-12,14,16H2,1-2H3/b28-15+/t21-,22-,23+,24-,25+,26-,27-/m0/s1. The molecule has 1 saturated heterocycles. The Balaban J connectivity index is 1.48. The number of ketones is 1. The molecule has 1 aliphatic heterocycles. The van der Waals surface area contributed by atoms with E-state index in [1.54, 1.807) is 7.11 Å². The fourth-order valence-corrected chi connectivity index (χ4v) is 8.58. The van der Waals surface area contributed by atoms with Gasteiger partial charge in [-0.25, -0.2) is 0 Å². The molecule has 3 saturated carbocycles. The second kappa shape index (κ2) is 7.00. The van der Waals surface area contributed by atoms with E-state index in [2.05, 4.69) is 24.2 Å². The number of carbonyl (C=O) groups is 1. The number of benzene rings is 1. The van der Waals surface area contributed by atoms with E-state index in [-0.39, 0.29) is 28.3 Å². The molecule has 6 nitrogen and oxygen atoms in total. The molecular formula is C27H33NO5. The number of fused-ring (bicyclic) bond motifs is 2. The lowest BCUT2D eigenvalue weighted by atomic mass is 9.46. The Labute approximate surface area is 194 Å². The molecule has 7 atom stereocenters. The van der Waals surface area contributed by atoms with E-state index in [4.69, 9.17) is 14.7 Å². The van der Waals surface area contributed by atoms with Crippen LogP contribution in [0.1, 0.15) is 68.9 Å². The predicted molar refractivity (Wildman–Crippen MR) is 122 cm³/mol. The summed E-state index contributed by atoms with van der Waals surface area (Å²) < 4.78 is 12.5. The maximum absolute atomic E-state index is 12.3. The Morgan fingerprint density at radius 1 is 1.18 bits per heavy atom. The molecule has 1 aromatic carbocycles. The molecule has 4 aliphatic carbocycles. The van der Waals surface area contributed by atoms with Gasteiger partial charge in [0.1, 0.15) is 11.2 Å². The molecule has 6 rings (SSSR count). The summed E-state index contributed by atoms with van der Waals surface area (Å²) >= 11 is 0. The summed E-state index contributed by atoms with van der Waals surface area (Å²) in [5, 5.41) is 23.9. The third-order valence-corrected chi connectivity index (χ3v) is 10.1. The molecular weight excluding hydrogens is 418 g/mol. The van der Waals surface area contributed by atoms with Gasteiger partial charge in [0.15, 0.2) is 5.78 Å². The highest BCUT2D eigenvalue weighted by Gasteiger charge is 2.83. The molecule has 0 unspecified atom stereocenters. The topological polar surface area (TPSA) is 91.7 Å². The van der Waals surface area contributed by atoms with Crippen molar-refractivity contribution in [1.29, 1.82) is 0 Å². The first-order valence-electron chi connectivity index (χ1n) is 12.3. The number of aliphatic hydroxyl groups is 1. The Hall–Kier alpha value is -2.02. The van der Waals surface area contributed by atoms with Crippen molar-refractivity contribution >= 4 is 12.0 Å². The van der Waals surface area contributed by atoms with E-state index in [1.807, 2.05) is 18.2 Å². The smallest absolute Gasteiger partial charge is 0.155 e. The second-order valence-corrected chi connectivity index (χ2v) is 11.2. The largest absolute Gasteiger partial charge is 0.411 e. The van der Waals surface area contributed by atoms with E-state index < -0.39 is 5.60 Å². The van der Waals surface area contributed by atoms with Crippen molar-refractivity contribution in [3.63, 3.8) is 0 Å². The first-order chi connectivity index (χ1) is 15.8. The predicted octanol–water partition coefficient (Wildman–Crippen LogP) is 3.98. The minimum absolute atomic E-state index is 0.113. The number of hydrogen-bond donors (Lipinski definition) is 2. The number of ether oxygens (including phenoxy) is 2. The van der Waals surface area contributed by atoms with E-state index >= 15 is 0 Å². The molecule has 33 heavy (non-hydrogen) atoms. The third-order valence-electron chi connectivity index (χ3n) is 10.1. The summed E-state index contributed by atoms with van der Waals surface area (Å²) in [4.78, 5) is 12.3. The molecule has 2 spiro atoms. The molecule has 5 aliphatic rings. The lowest BCUT2D eigenvalue weighted by Crippen LogP contribution is -2.60. The Kier molecular flexibility index (Phi) is 4.56. The maximum Gasteiger partial charge on any atom is 0.155 e. The van der Waals surface area contributed by atoms with Crippen LogP contribution >= 0.6 is 0 Å². The normalized spacial score (nSPS) is 45.7. The van der Waals surface area contributed by atoms with Crippen molar-refractivity contribution in [1.82, 2.24) is 0 Å². The van der Waals surface area contributed by atoms with E-state index in [0.717, 1.165) is 44.1 Å². The number of rotatable bonds is 4. The van der Waals surface area contributed by atoms with Crippen LogP contribution in [0, 0.1) is 17.3 Å². The zero-order valence-corrected chi connectivity index (χ0v) is 19.4. The quantitative estimate of drug-likeness (QED) is 0.313. The fourth-order valence-electron chi connectivity index (χ4n) is 8.58. The fraction of sp³-hybridized carbons (Fsp3) is 0.630. The minimum atomic E-state index is -0.851. The van der Waals surface area contributed by atoms with Gasteiger partial charge in [0.25, 0.3) is 0 Å². The van der Waals surface area contributed by atoms with E-state index in [9.17, 15) is 9.90 Å². The van der Waals surface area contributed by atoms with Gasteiger partial charge in [0, 0.05) is 24.9 Å². The van der Waals surface area contributed by atoms with Gasteiger partial charge >= 0.3 is 0 Å². The summed E-state index contributed by atoms with van der Waals surface area (Å²) in [5.41, 5.74) is 1.46. The van der Waals surface area contributed by atoms with Crippen molar-refractivity contribution in [2.24, 2.45) is 22.4 Å². The van der Waals surface area contributed by atoms with Crippen LogP contribution < -0.4 is 0 Å². The summed E-state index contributed by atoms with van der Waals surface area (Å²) in [6.45, 7) is 2.62. The summed E-state index contributed by atoms with van der Waals surface area (Å²) in [5.74, 6) is 1.05. The number of nitrogens with zero attached hydrogens (tertiary/aromatic N) is 1. The second-order valence-electron chi connectivity index (χ2n) is 11.2. The van der Waals surface area contributed by atoms with Gasteiger partial charge in [-0.2, -0.15) is 0 Å². The Morgan fingerprint density at radius 2 is 1.97 bits per heavy atom. The molecule has 0 radical (unpaired) electrons. The number of carbonyl (C=O) groups excluding carboxylic acids is 1. The van der Waals surface area contributed by atoms with Crippen molar-refractivity contribution in [3.8, 4) is 0 Å². The van der Waals surface area contributed by atoms with Crippen LogP contribution in [-0.4, -0.2) is 52.8 Å². The van der Waals surface area contributed by atoms with Gasteiger partial charge in [-0.3, -0.25) is 4.79 Å². The van der Waals surface area contributed by atoms with Crippen LogP contribution in [0.2, 0.25) is 0 Å². The minimum Gasteiger partial charge on any atom is -0.411 e. The van der Waals surface area contributed by atoms with Crippen LogP contribution in [0.25, 0.3) is 0 Å².